The zero-order valence-electron chi connectivity index (χ0n) is 36.1. The van der Waals surface area contributed by atoms with Gasteiger partial charge in [-0.3, -0.25) is 0 Å². The predicted molar refractivity (Wildman–Crippen MR) is 209 cm³/mol. The maximum atomic E-state index is 8.85. The normalized spacial score (nSPS) is 14.4. The standard InChI is InChI=1S/C45H28N4S/c1-4-14-29(15-5-1)32-24-25-36-37-27-33(49-39-22-12-10-20-34(39)35-21-11-13-23-40(35)49)28-38(42(37)50-41(36)26-32)45-47-43(30-16-6-2-7-17-30)46-44(48-45)31-18-8-3-9-19-31/h1-28H/i2D,3D,6D,7D,8D,9D,16D,17D,18D,19D. The van der Waals surface area contributed by atoms with E-state index in [0.717, 1.165) is 58.8 Å². The second kappa shape index (κ2) is 11.6. The van der Waals surface area contributed by atoms with Gasteiger partial charge in [-0.05, 0) is 41.5 Å². The van der Waals surface area contributed by atoms with E-state index in [-0.39, 0.29) is 28.6 Å². The van der Waals surface area contributed by atoms with E-state index in [0.29, 0.717) is 5.56 Å². The monoisotopic (exact) mass is 666 g/mol. The van der Waals surface area contributed by atoms with Crippen molar-refractivity contribution < 1.29 is 13.7 Å². The summed E-state index contributed by atoms with van der Waals surface area (Å²) in [5.41, 5.74) is 4.58. The van der Waals surface area contributed by atoms with Crippen LogP contribution in [0.15, 0.2) is 170 Å². The molecule has 5 heteroatoms. The van der Waals surface area contributed by atoms with Gasteiger partial charge in [-0.1, -0.05) is 139 Å². The lowest BCUT2D eigenvalue weighted by atomic mass is 10.0. The van der Waals surface area contributed by atoms with Crippen LogP contribution >= 0.6 is 11.3 Å². The van der Waals surface area contributed by atoms with Gasteiger partial charge in [0.25, 0.3) is 0 Å². The first kappa shape index (κ1) is 20.2. The van der Waals surface area contributed by atoms with Gasteiger partial charge in [0, 0.05) is 53.3 Å². The maximum Gasteiger partial charge on any atom is 0.165 e. The number of thiophene rings is 1. The molecule has 0 saturated heterocycles. The highest BCUT2D eigenvalue weighted by Crippen LogP contribution is 2.44. The number of rotatable bonds is 5. The maximum absolute atomic E-state index is 8.85. The van der Waals surface area contributed by atoms with Crippen LogP contribution in [-0.4, -0.2) is 19.5 Å². The number of benzene rings is 7. The summed E-state index contributed by atoms with van der Waals surface area (Å²) in [6.45, 7) is 0. The van der Waals surface area contributed by atoms with Crippen molar-refractivity contribution in [3.8, 4) is 51.0 Å². The highest BCUT2D eigenvalue weighted by Gasteiger charge is 2.20. The molecular formula is C45H28N4S. The lowest BCUT2D eigenvalue weighted by Gasteiger charge is -2.13. The van der Waals surface area contributed by atoms with Gasteiger partial charge in [0.2, 0.25) is 0 Å². The van der Waals surface area contributed by atoms with Crippen LogP contribution in [0.25, 0.3) is 93.0 Å². The van der Waals surface area contributed by atoms with E-state index >= 15 is 0 Å². The molecule has 0 saturated carbocycles. The summed E-state index contributed by atoms with van der Waals surface area (Å²) in [5.74, 6) is -0.625. The topological polar surface area (TPSA) is 43.6 Å². The molecule has 0 bridgehead atoms. The molecule has 3 heterocycles. The van der Waals surface area contributed by atoms with Crippen LogP contribution in [0.2, 0.25) is 0 Å². The average molecular weight is 667 g/mol. The molecule has 4 nitrogen and oxygen atoms in total. The van der Waals surface area contributed by atoms with Crippen molar-refractivity contribution in [1.29, 1.82) is 0 Å². The van der Waals surface area contributed by atoms with Crippen molar-refractivity contribution in [2.24, 2.45) is 0 Å². The molecule has 0 aliphatic rings. The SMILES string of the molecule is [2H]c1c([2H])c([2H])c(-c2nc(-c3c([2H])c([2H])c([2H])c([2H])c3[2H])nc(-c3cc(-n4c5ccccc5c5ccccc54)cc4c3sc3cc(-c5ccccc5)ccc34)n2)c([2H])c1[2H]. The van der Waals surface area contributed by atoms with Crippen molar-refractivity contribution in [1.82, 2.24) is 19.5 Å². The first-order valence-electron chi connectivity index (χ1n) is 20.9. The fourth-order valence-corrected chi connectivity index (χ4v) is 7.85. The van der Waals surface area contributed by atoms with Crippen molar-refractivity contribution in [2.45, 2.75) is 0 Å². The van der Waals surface area contributed by atoms with Crippen LogP contribution in [0.3, 0.4) is 0 Å². The summed E-state index contributed by atoms with van der Waals surface area (Å²) in [5, 5.41) is 3.93. The summed E-state index contributed by atoms with van der Waals surface area (Å²) in [4.78, 5) is 14.2. The Morgan fingerprint density at radius 2 is 1.04 bits per heavy atom. The van der Waals surface area contributed by atoms with Gasteiger partial charge >= 0.3 is 0 Å². The predicted octanol–water partition coefficient (Wildman–Crippen LogP) is 12.0. The Morgan fingerprint density at radius 1 is 0.460 bits per heavy atom. The Labute approximate surface area is 306 Å². The minimum absolute atomic E-state index is 0.0103. The molecule has 10 rings (SSSR count). The van der Waals surface area contributed by atoms with Gasteiger partial charge in [-0.2, -0.15) is 0 Å². The number of para-hydroxylation sites is 2. The largest absolute Gasteiger partial charge is 0.309 e. The second-order valence-electron chi connectivity index (χ2n) is 11.7. The molecule has 0 aliphatic heterocycles. The highest BCUT2D eigenvalue weighted by molar-refractivity contribution is 7.26. The van der Waals surface area contributed by atoms with E-state index in [4.69, 9.17) is 23.7 Å². The minimum atomic E-state index is -0.605. The van der Waals surface area contributed by atoms with Crippen LogP contribution < -0.4 is 0 Å². The fraction of sp³-hybridized carbons (Fsp3) is 0. The lowest BCUT2D eigenvalue weighted by Crippen LogP contribution is -2.01. The summed E-state index contributed by atoms with van der Waals surface area (Å²) >= 11 is 1.51. The van der Waals surface area contributed by atoms with Crippen LogP contribution in [0, 0.1) is 0 Å². The first-order chi connectivity index (χ1) is 28.9. The molecule has 0 N–H and O–H groups in total. The molecule has 0 fully saturated rings. The fourth-order valence-electron chi connectivity index (χ4n) is 6.61. The Morgan fingerprint density at radius 3 is 1.68 bits per heavy atom. The second-order valence-corrected chi connectivity index (χ2v) is 12.8. The molecule has 0 amide bonds. The number of hydrogen-bond donors (Lipinski definition) is 0. The summed E-state index contributed by atoms with van der Waals surface area (Å²) < 4.78 is 89.5. The Kier molecular flexibility index (Phi) is 4.69. The van der Waals surface area contributed by atoms with E-state index in [9.17, 15) is 0 Å². The third-order valence-corrected chi connectivity index (χ3v) is 10.0. The molecule has 0 aliphatic carbocycles. The van der Waals surface area contributed by atoms with Crippen molar-refractivity contribution in [2.75, 3.05) is 0 Å². The third-order valence-electron chi connectivity index (χ3n) is 8.83. The van der Waals surface area contributed by atoms with E-state index in [1.165, 1.54) is 11.3 Å². The van der Waals surface area contributed by atoms with E-state index < -0.39 is 60.4 Å². The van der Waals surface area contributed by atoms with E-state index in [1.54, 1.807) is 0 Å². The van der Waals surface area contributed by atoms with Gasteiger partial charge in [-0.15, -0.1) is 11.3 Å². The number of nitrogens with zero attached hydrogens (tertiary/aromatic N) is 4. The number of hydrogen-bond acceptors (Lipinski definition) is 4. The molecule has 0 radical (unpaired) electrons. The molecular weight excluding hydrogens is 629 g/mol. The Balaban J connectivity index is 1.35. The summed E-state index contributed by atoms with van der Waals surface area (Å²) in [6, 6.07) is 30.7. The molecule has 0 atom stereocenters. The molecule has 10 aromatic rings. The molecule has 3 aromatic heterocycles. The van der Waals surface area contributed by atoms with Gasteiger partial charge in [0.1, 0.15) is 0 Å². The van der Waals surface area contributed by atoms with Gasteiger partial charge in [-0.25, -0.2) is 15.0 Å². The van der Waals surface area contributed by atoms with Crippen LogP contribution in [-0.2, 0) is 0 Å². The highest BCUT2D eigenvalue weighted by atomic mass is 32.1. The van der Waals surface area contributed by atoms with Crippen LogP contribution in [0.1, 0.15) is 13.7 Å². The molecule has 50 heavy (non-hydrogen) atoms. The smallest absolute Gasteiger partial charge is 0.165 e. The zero-order valence-corrected chi connectivity index (χ0v) is 26.9. The lowest BCUT2D eigenvalue weighted by molar-refractivity contribution is 1.07. The number of fused-ring (bicyclic) bond motifs is 6. The van der Waals surface area contributed by atoms with Gasteiger partial charge < -0.3 is 4.57 Å². The minimum Gasteiger partial charge on any atom is -0.309 e. The molecule has 0 unspecified atom stereocenters. The van der Waals surface area contributed by atoms with E-state index in [1.807, 2.05) is 72.8 Å². The zero-order chi connectivity index (χ0) is 41.7. The first-order valence-corrected chi connectivity index (χ1v) is 16.7. The molecule has 0 spiro atoms. The van der Waals surface area contributed by atoms with Gasteiger partial charge in [0.15, 0.2) is 17.5 Å². The summed E-state index contributed by atoms with van der Waals surface area (Å²) in [6.07, 6.45) is 0. The van der Waals surface area contributed by atoms with Crippen molar-refractivity contribution >= 4 is 53.3 Å². The van der Waals surface area contributed by atoms with Crippen molar-refractivity contribution in [3.05, 3.63) is 170 Å². The van der Waals surface area contributed by atoms with Crippen molar-refractivity contribution in [3.63, 3.8) is 0 Å². The Bertz CT molecular complexity index is 3260. The molecule has 234 valence electrons. The molecule has 7 aromatic carbocycles. The quantitative estimate of drug-likeness (QED) is 0.184. The summed E-state index contributed by atoms with van der Waals surface area (Å²) in [7, 11) is 0. The number of aromatic nitrogens is 4. The third kappa shape index (κ3) is 4.71. The average Bonchev–Trinajstić information content (AvgIpc) is 3.81. The van der Waals surface area contributed by atoms with Gasteiger partial charge in [0.05, 0.1) is 24.7 Å². The Hall–Kier alpha value is -6.43. The van der Waals surface area contributed by atoms with Crippen LogP contribution in [0.4, 0.5) is 0 Å². The van der Waals surface area contributed by atoms with Crippen LogP contribution in [0.5, 0.6) is 0 Å². The van der Waals surface area contributed by atoms with E-state index in [2.05, 4.69) is 45.9 Å².